The second-order valence-corrected chi connectivity index (χ2v) is 6.54. The Morgan fingerprint density at radius 1 is 1.04 bits per heavy atom. The van der Waals surface area contributed by atoms with Gasteiger partial charge >= 0.3 is 0 Å². The molecule has 3 aromatic rings. The fraction of sp³-hybridized carbons (Fsp3) is 0.182. The zero-order valence-electron chi connectivity index (χ0n) is 15.6. The molecular formula is C22H23N3O2. The maximum absolute atomic E-state index is 12.9. The molecule has 0 aliphatic carbocycles. The summed E-state index contributed by atoms with van der Waals surface area (Å²) in [5, 5.41) is 2.88. The van der Waals surface area contributed by atoms with E-state index in [1.165, 1.54) is 0 Å². The first-order chi connectivity index (χ1) is 13.1. The van der Waals surface area contributed by atoms with E-state index in [0.717, 1.165) is 17.7 Å². The highest BCUT2D eigenvalue weighted by Gasteiger charge is 2.15. The molecule has 0 fully saturated rings. The first-order valence-electron chi connectivity index (χ1n) is 8.77. The van der Waals surface area contributed by atoms with Crippen molar-refractivity contribution in [1.82, 2.24) is 9.88 Å². The van der Waals surface area contributed by atoms with E-state index < -0.39 is 0 Å². The molecule has 1 amide bonds. The fourth-order valence-corrected chi connectivity index (χ4v) is 2.71. The van der Waals surface area contributed by atoms with Crippen LogP contribution in [0.1, 0.15) is 21.5 Å². The van der Waals surface area contributed by atoms with E-state index in [4.69, 9.17) is 4.74 Å². The third-order valence-corrected chi connectivity index (χ3v) is 3.94. The van der Waals surface area contributed by atoms with Crippen LogP contribution in [0.4, 0.5) is 5.69 Å². The zero-order chi connectivity index (χ0) is 19.1. The van der Waals surface area contributed by atoms with Crippen LogP contribution in [0.25, 0.3) is 0 Å². The molecule has 0 radical (unpaired) electrons. The monoisotopic (exact) mass is 361 g/mol. The molecule has 27 heavy (non-hydrogen) atoms. The smallest absolute Gasteiger partial charge is 0.259 e. The van der Waals surface area contributed by atoms with Crippen molar-refractivity contribution in [3.05, 3.63) is 89.7 Å². The largest absolute Gasteiger partial charge is 0.488 e. The van der Waals surface area contributed by atoms with E-state index in [2.05, 4.69) is 15.2 Å². The lowest BCUT2D eigenvalue weighted by molar-refractivity contribution is 0.102. The summed E-state index contributed by atoms with van der Waals surface area (Å²) in [6, 6.07) is 19.2. The number of hydrogen-bond acceptors (Lipinski definition) is 4. The van der Waals surface area contributed by atoms with Gasteiger partial charge in [-0.15, -0.1) is 0 Å². The highest BCUT2D eigenvalue weighted by atomic mass is 16.5. The average molecular weight is 361 g/mol. The maximum atomic E-state index is 12.9. The Morgan fingerprint density at radius 2 is 1.85 bits per heavy atom. The van der Waals surface area contributed by atoms with Gasteiger partial charge in [0.05, 0.1) is 17.4 Å². The molecule has 1 N–H and O–H groups in total. The van der Waals surface area contributed by atoms with Crippen molar-refractivity contribution in [2.24, 2.45) is 0 Å². The Bertz CT molecular complexity index is 881. The zero-order valence-corrected chi connectivity index (χ0v) is 15.6. The van der Waals surface area contributed by atoms with Crippen LogP contribution in [0.2, 0.25) is 0 Å². The molecule has 0 aliphatic rings. The van der Waals surface area contributed by atoms with Crippen molar-refractivity contribution in [2.75, 3.05) is 19.4 Å². The first-order valence-corrected chi connectivity index (χ1v) is 8.77. The number of carbonyl (C=O) groups is 1. The Labute approximate surface area is 159 Å². The van der Waals surface area contributed by atoms with Crippen LogP contribution in [-0.2, 0) is 13.2 Å². The topological polar surface area (TPSA) is 54.5 Å². The summed E-state index contributed by atoms with van der Waals surface area (Å²) >= 11 is 0. The Kier molecular flexibility index (Phi) is 6.18. The SMILES string of the molecule is CN(C)Cc1ccc(OCc2ccccc2)c(C(=O)Nc2cccnc2)c1. The van der Waals surface area contributed by atoms with Crippen LogP contribution in [-0.4, -0.2) is 29.9 Å². The summed E-state index contributed by atoms with van der Waals surface area (Å²) in [6.07, 6.45) is 3.29. The highest BCUT2D eigenvalue weighted by Crippen LogP contribution is 2.23. The Morgan fingerprint density at radius 3 is 2.56 bits per heavy atom. The summed E-state index contributed by atoms with van der Waals surface area (Å²) < 4.78 is 5.95. The molecule has 0 aliphatic heterocycles. The predicted octanol–water partition coefficient (Wildman–Crippen LogP) is 3.97. The van der Waals surface area contributed by atoms with Crippen molar-refractivity contribution in [2.45, 2.75) is 13.2 Å². The van der Waals surface area contributed by atoms with Gasteiger partial charge in [0.1, 0.15) is 12.4 Å². The molecule has 1 heterocycles. The summed E-state index contributed by atoms with van der Waals surface area (Å²) in [4.78, 5) is 18.9. The van der Waals surface area contributed by atoms with E-state index in [0.29, 0.717) is 23.6 Å². The Hall–Kier alpha value is -3.18. The van der Waals surface area contributed by atoms with E-state index in [9.17, 15) is 4.79 Å². The quantitative estimate of drug-likeness (QED) is 0.692. The number of benzene rings is 2. The second kappa shape index (κ2) is 8.96. The van der Waals surface area contributed by atoms with Crippen LogP contribution in [0.15, 0.2) is 73.1 Å². The lowest BCUT2D eigenvalue weighted by Gasteiger charge is -2.15. The number of pyridine rings is 1. The minimum absolute atomic E-state index is 0.216. The molecule has 5 heteroatoms. The van der Waals surface area contributed by atoms with Gasteiger partial charge in [-0.3, -0.25) is 9.78 Å². The van der Waals surface area contributed by atoms with Gasteiger partial charge in [0, 0.05) is 12.7 Å². The van der Waals surface area contributed by atoms with Crippen molar-refractivity contribution >= 4 is 11.6 Å². The second-order valence-electron chi connectivity index (χ2n) is 6.54. The minimum atomic E-state index is -0.216. The number of rotatable bonds is 7. The van der Waals surface area contributed by atoms with Crippen molar-refractivity contribution in [3.8, 4) is 5.75 Å². The first kappa shape index (κ1) is 18.6. The minimum Gasteiger partial charge on any atom is -0.488 e. The number of hydrogen-bond donors (Lipinski definition) is 1. The number of nitrogens with one attached hydrogen (secondary N) is 1. The van der Waals surface area contributed by atoms with Gasteiger partial charge in [-0.2, -0.15) is 0 Å². The normalized spacial score (nSPS) is 10.6. The number of carbonyl (C=O) groups excluding carboxylic acids is 1. The lowest BCUT2D eigenvalue weighted by atomic mass is 10.1. The molecule has 2 aromatic carbocycles. The number of aromatic nitrogens is 1. The van der Waals surface area contributed by atoms with Crippen molar-refractivity contribution < 1.29 is 9.53 Å². The number of amides is 1. The molecular weight excluding hydrogens is 338 g/mol. The molecule has 0 unspecified atom stereocenters. The fourth-order valence-electron chi connectivity index (χ4n) is 2.71. The van der Waals surface area contributed by atoms with Gasteiger partial charge in [0.15, 0.2) is 0 Å². The van der Waals surface area contributed by atoms with E-state index in [-0.39, 0.29) is 5.91 Å². The molecule has 0 bridgehead atoms. The summed E-state index contributed by atoms with van der Waals surface area (Å²) in [7, 11) is 3.99. The van der Waals surface area contributed by atoms with Gasteiger partial charge in [0.25, 0.3) is 5.91 Å². The lowest BCUT2D eigenvalue weighted by Crippen LogP contribution is -2.16. The number of ether oxygens (including phenoxy) is 1. The highest BCUT2D eigenvalue weighted by molar-refractivity contribution is 6.06. The van der Waals surface area contributed by atoms with E-state index in [1.807, 2.05) is 62.6 Å². The molecule has 5 nitrogen and oxygen atoms in total. The van der Waals surface area contributed by atoms with Crippen molar-refractivity contribution in [1.29, 1.82) is 0 Å². The molecule has 1 aromatic heterocycles. The molecule has 138 valence electrons. The molecule has 0 saturated heterocycles. The van der Waals surface area contributed by atoms with Crippen LogP contribution >= 0.6 is 0 Å². The van der Waals surface area contributed by atoms with Gasteiger partial charge in [-0.25, -0.2) is 0 Å². The maximum Gasteiger partial charge on any atom is 0.259 e. The van der Waals surface area contributed by atoms with Gasteiger partial charge < -0.3 is 15.0 Å². The average Bonchev–Trinajstić information content (AvgIpc) is 2.68. The molecule has 3 rings (SSSR count). The third-order valence-electron chi connectivity index (χ3n) is 3.94. The molecule has 0 atom stereocenters. The van der Waals surface area contributed by atoms with Gasteiger partial charge in [0.2, 0.25) is 0 Å². The van der Waals surface area contributed by atoms with Gasteiger partial charge in [-0.05, 0) is 49.5 Å². The standard InChI is InChI=1S/C22H23N3O2/c1-25(2)15-18-10-11-21(27-16-17-7-4-3-5-8-17)20(13-18)22(26)24-19-9-6-12-23-14-19/h3-14H,15-16H2,1-2H3,(H,24,26). The predicted molar refractivity (Wildman–Crippen MR) is 107 cm³/mol. The van der Waals surface area contributed by atoms with Crippen LogP contribution in [0.5, 0.6) is 5.75 Å². The van der Waals surface area contributed by atoms with Crippen LogP contribution < -0.4 is 10.1 Å². The van der Waals surface area contributed by atoms with E-state index in [1.54, 1.807) is 24.5 Å². The van der Waals surface area contributed by atoms with E-state index >= 15 is 0 Å². The van der Waals surface area contributed by atoms with Gasteiger partial charge in [-0.1, -0.05) is 36.4 Å². The number of anilines is 1. The van der Waals surface area contributed by atoms with Crippen molar-refractivity contribution in [3.63, 3.8) is 0 Å². The third kappa shape index (κ3) is 5.39. The molecule has 0 spiro atoms. The summed E-state index contributed by atoms with van der Waals surface area (Å²) in [5.41, 5.74) is 3.25. The summed E-state index contributed by atoms with van der Waals surface area (Å²) in [6.45, 7) is 1.15. The number of nitrogens with zero attached hydrogens (tertiary/aromatic N) is 2. The molecule has 0 saturated carbocycles. The Balaban J connectivity index is 1.83. The summed E-state index contributed by atoms with van der Waals surface area (Å²) in [5.74, 6) is 0.342. The van der Waals surface area contributed by atoms with Crippen LogP contribution in [0.3, 0.4) is 0 Å². The van der Waals surface area contributed by atoms with Crippen LogP contribution in [0, 0.1) is 0 Å².